The second kappa shape index (κ2) is 5.54. The maximum atomic E-state index is 12.0. The van der Waals surface area contributed by atoms with Crippen LogP contribution in [0, 0.1) is 0 Å². The van der Waals surface area contributed by atoms with Crippen molar-refractivity contribution >= 4 is 21.6 Å². The standard InChI is InChI=1S/C12H15N5O3S/c1-2-15-21(19,20)8-3-4-9(13)11(7-8)17-6-5-10(16-17)12(14)18/h3-7,15H,2,13H2,1H3,(H2,14,18). The van der Waals surface area contributed by atoms with Crippen molar-refractivity contribution in [2.45, 2.75) is 11.8 Å². The highest BCUT2D eigenvalue weighted by Gasteiger charge is 2.16. The van der Waals surface area contributed by atoms with Gasteiger partial charge in [-0.3, -0.25) is 4.79 Å². The van der Waals surface area contributed by atoms with Crippen LogP contribution < -0.4 is 16.2 Å². The number of carbonyl (C=O) groups excluding carboxylic acids is 1. The molecule has 1 amide bonds. The molecule has 0 fully saturated rings. The Morgan fingerprint density at radius 3 is 2.67 bits per heavy atom. The summed E-state index contributed by atoms with van der Waals surface area (Å²) in [5.41, 5.74) is 11.7. The van der Waals surface area contributed by atoms with E-state index < -0.39 is 15.9 Å². The molecule has 1 aromatic heterocycles. The number of hydrogen-bond donors (Lipinski definition) is 3. The number of rotatable bonds is 5. The van der Waals surface area contributed by atoms with E-state index in [2.05, 4.69) is 9.82 Å². The molecule has 0 unspecified atom stereocenters. The summed E-state index contributed by atoms with van der Waals surface area (Å²) >= 11 is 0. The van der Waals surface area contributed by atoms with Gasteiger partial charge in [-0.1, -0.05) is 6.92 Å². The van der Waals surface area contributed by atoms with Gasteiger partial charge in [0.05, 0.1) is 16.3 Å². The molecule has 0 saturated heterocycles. The largest absolute Gasteiger partial charge is 0.397 e. The molecule has 0 saturated carbocycles. The third kappa shape index (κ3) is 3.03. The Hall–Kier alpha value is -2.39. The summed E-state index contributed by atoms with van der Waals surface area (Å²) in [6.45, 7) is 1.96. The first-order chi connectivity index (χ1) is 9.85. The number of aromatic nitrogens is 2. The monoisotopic (exact) mass is 309 g/mol. The second-order valence-electron chi connectivity index (χ2n) is 4.23. The molecule has 0 radical (unpaired) electrons. The second-order valence-corrected chi connectivity index (χ2v) is 6.00. The molecule has 21 heavy (non-hydrogen) atoms. The van der Waals surface area contributed by atoms with Crippen LogP contribution in [0.3, 0.4) is 0 Å². The fraction of sp³-hybridized carbons (Fsp3) is 0.167. The van der Waals surface area contributed by atoms with E-state index >= 15 is 0 Å². The van der Waals surface area contributed by atoms with Gasteiger partial charge in [0.25, 0.3) is 5.91 Å². The van der Waals surface area contributed by atoms with Crippen LogP contribution >= 0.6 is 0 Å². The number of benzene rings is 1. The van der Waals surface area contributed by atoms with Crippen molar-refractivity contribution in [3.8, 4) is 5.69 Å². The van der Waals surface area contributed by atoms with Crippen LogP contribution in [0.1, 0.15) is 17.4 Å². The highest BCUT2D eigenvalue weighted by Crippen LogP contribution is 2.21. The topological polar surface area (TPSA) is 133 Å². The first kappa shape index (κ1) is 15.0. The van der Waals surface area contributed by atoms with Crippen LogP contribution in [0.4, 0.5) is 5.69 Å². The molecule has 0 aliphatic heterocycles. The van der Waals surface area contributed by atoms with E-state index in [1.807, 2.05) is 0 Å². The number of nitrogen functional groups attached to an aromatic ring is 1. The molecule has 0 bridgehead atoms. The van der Waals surface area contributed by atoms with Crippen molar-refractivity contribution in [1.29, 1.82) is 0 Å². The molecule has 0 aliphatic rings. The number of sulfonamides is 1. The van der Waals surface area contributed by atoms with Crippen LogP contribution in [0.5, 0.6) is 0 Å². The maximum Gasteiger partial charge on any atom is 0.269 e. The van der Waals surface area contributed by atoms with Crippen molar-refractivity contribution in [2.75, 3.05) is 12.3 Å². The minimum absolute atomic E-state index is 0.0599. The van der Waals surface area contributed by atoms with Gasteiger partial charge in [-0.2, -0.15) is 5.10 Å². The van der Waals surface area contributed by atoms with Gasteiger partial charge in [0.2, 0.25) is 10.0 Å². The van der Waals surface area contributed by atoms with Crippen LogP contribution in [-0.2, 0) is 10.0 Å². The quantitative estimate of drug-likeness (QED) is 0.661. The summed E-state index contributed by atoms with van der Waals surface area (Å²) in [5, 5.41) is 3.96. The van der Waals surface area contributed by atoms with E-state index in [0.717, 1.165) is 0 Å². The van der Waals surface area contributed by atoms with Crippen molar-refractivity contribution in [2.24, 2.45) is 5.73 Å². The molecule has 2 rings (SSSR count). The zero-order valence-corrected chi connectivity index (χ0v) is 12.1. The lowest BCUT2D eigenvalue weighted by Gasteiger charge is -2.09. The van der Waals surface area contributed by atoms with Crippen molar-refractivity contribution in [3.05, 3.63) is 36.2 Å². The molecule has 8 nitrogen and oxygen atoms in total. The normalized spacial score (nSPS) is 11.5. The molecular weight excluding hydrogens is 294 g/mol. The van der Waals surface area contributed by atoms with Crippen LogP contribution in [-0.4, -0.2) is 30.7 Å². The summed E-state index contributed by atoms with van der Waals surface area (Å²) in [6, 6.07) is 5.67. The Labute approximate surface area is 121 Å². The molecule has 1 heterocycles. The summed E-state index contributed by atoms with van der Waals surface area (Å²) in [5.74, 6) is -0.677. The smallest absolute Gasteiger partial charge is 0.269 e. The van der Waals surface area contributed by atoms with Crippen molar-refractivity contribution in [3.63, 3.8) is 0 Å². The van der Waals surface area contributed by atoms with E-state index in [4.69, 9.17) is 11.5 Å². The fourth-order valence-corrected chi connectivity index (χ4v) is 2.81. The predicted octanol–water partition coefficient (Wildman–Crippen LogP) is -0.148. The lowest BCUT2D eigenvalue weighted by atomic mass is 10.3. The first-order valence-corrected chi connectivity index (χ1v) is 7.58. The van der Waals surface area contributed by atoms with Crippen LogP contribution in [0.25, 0.3) is 5.69 Å². The zero-order chi connectivity index (χ0) is 15.6. The minimum atomic E-state index is -3.61. The number of amides is 1. The fourth-order valence-electron chi connectivity index (χ4n) is 1.75. The van der Waals surface area contributed by atoms with E-state index in [1.165, 1.54) is 35.1 Å². The number of nitrogens with two attached hydrogens (primary N) is 2. The highest BCUT2D eigenvalue weighted by atomic mass is 32.2. The number of hydrogen-bond acceptors (Lipinski definition) is 5. The van der Waals surface area contributed by atoms with Crippen LogP contribution in [0.15, 0.2) is 35.4 Å². The van der Waals surface area contributed by atoms with Crippen molar-refractivity contribution in [1.82, 2.24) is 14.5 Å². The highest BCUT2D eigenvalue weighted by molar-refractivity contribution is 7.89. The number of carbonyl (C=O) groups is 1. The zero-order valence-electron chi connectivity index (χ0n) is 11.3. The number of nitrogens with zero attached hydrogens (tertiary/aromatic N) is 2. The van der Waals surface area contributed by atoms with Gasteiger partial charge in [-0.05, 0) is 24.3 Å². The van der Waals surface area contributed by atoms with E-state index in [0.29, 0.717) is 11.4 Å². The first-order valence-electron chi connectivity index (χ1n) is 6.10. The molecule has 1 aromatic carbocycles. The number of anilines is 1. The van der Waals surface area contributed by atoms with Crippen molar-refractivity contribution < 1.29 is 13.2 Å². The molecule has 0 atom stereocenters. The molecule has 9 heteroatoms. The Morgan fingerprint density at radius 2 is 2.10 bits per heavy atom. The lowest BCUT2D eigenvalue weighted by molar-refractivity contribution is 0.0995. The van der Waals surface area contributed by atoms with Gasteiger partial charge in [0.15, 0.2) is 0 Å². The SMILES string of the molecule is CCNS(=O)(=O)c1ccc(N)c(-n2ccc(C(N)=O)n2)c1. The molecule has 5 N–H and O–H groups in total. The van der Waals surface area contributed by atoms with E-state index in [9.17, 15) is 13.2 Å². The van der Waals surface area contributed by atoms with E-state index in [1.54, 1.807) is 6.92 Å². The van der Waals surface area contributed by atoms with Gasteiger partial charge in [0, 0.05) is 12.7 Å². The lowest BCUT2D eigenvalue weighted by Crippen LogP contribution is -2.23. The summed E-state index contributed by atoms with van der Waals surface area (Å²) in [7, 11) is -3.61. The number of nitrogens with one attached hydrogen (secondary N) is 1. The Morgan fingerprint density at radius 1 is 1.38 bits per heavy atom. The van der Waals surface area contributed by atoms with Gasteiger partial charge >= 0.3 is 0 Å². The Bertz CT molecular complexity index is 782. The Kier molecular flexibility index (Phi) is 3.96. The average Bonchev–Trinajstić information content (AvgIpc) is 2.88. The summed E-state index contributed by atoms with van der Waals surface area (Å²) < 4.78 is 27.7. The molecule has 0 aliphatic carbocycles. The summed E-state index contributed by atoms with van der Waals surface area (Å²) in [4.78, 5) is 11.1. The van der Waals surface area contributed by atoms with Crippen LogP contribution in [0.2, 0.25) is 0 Å². The van der Waals surface area contributed by atoms with Gasteiger partial charge in [-0.25, -0.2) is 17.8 Å². The third-order valence-electron chi connectivity index (χ3n) is 2.73. The summed E-state index contributed by atoms with van der Waals surface area (Å²) in [6.07, 6.45) is 1.48. The number of primary amides is 1. The van der Waals surface area contributed by atoms with E-state index in [-0.39, 0.29) is 17.1 Å². The molecular formula is C12H15N5O3S. The molecule has 2 aromatic rings. The maximum absolute atomic E-state index is 12.0. The van der Waals surface area contributed by atoms with Gasteiger partial charge < -0.3 is 11.5 Å². The Balaban J connectivity index is 2.51. The minimum Gasteiger partial charge on any atom is -0.397 e. The van der Waals surface area contributed by atoms with Gasteiger partial charge in [0.1, 0.15) is 5.69 Å². The predicted molar refractivity (Wildman–Crippen MR) is 77.4 cm³/mol. The molecule has 0 spiro atoms. The average molecular weight is 309 g/mol. The molecule has 112 valence electrons. The van der Waals surface area contributed by atoms with Gasteiger partial charge in [-0.15, -0.1) is 0 Å². The third-order valence-corrected chi connectivity index (χ3v) is 4.28.